The Labute approximate surface area is 142 Å². The molecule has 0 aliphatic carbocycles. The summed E-state index contributed by atoms with van der Waals surface area (Å²) in [6, 6.07) is 14.1. The fourth-order valence-corrected chi connectivity index (χ4v) is 2.44. The molecule has 0 fully saturated rings. The maximum absolute atomic E-state index is 6.15. The van der Waals surface area contributed by atoms with Crippen LogP contribution in [0.5, 0.6) is 5.75 Å². The number of benzene rings is 2. The van der Waals surface area contributed by atoms with Crippen molar-refractivity contribution in [3.63, 3.8) is 0 Å². The first kappa shape index (κ1) is 17.1. The average Bonchev–Trinajstić information content (AvgIpc) is 2.52. The Balaban J connectivity index is 1.95. The minimum atomic E-state index is 0.429. The van der Waals surface area contributed by atoms with E-state index in [9.17, 15) is 0 Å². The van der Waals surface area contributed by atoms with Crippen LogP contribution in [0.1, 0.15) is 31.4 Å². The highest BCUT2D eigenvalue weighted by Crippen LogP contribution is 2.23. The predicted octanol–water partition coefficient (Wildman–Crippen LogP) is 5.46. The van der Waals surface area contributed by atoms with Crippen LogP contribution >= 0.6 is 23.2 Å². The molecule has 0 aliphatic heterocycles. The Hall–Kier alpha value is -1.22. The lowest BCUT2D eigenvalue weighted by Crippen LogP contribution is -2.24. The second-order valence-corrected chi connectivity index (χ2v) is 6.21. The second kappa shape index (κ2) is 8.42. The van der Waals surface area contributed by atoms with E-state index in [4.69, 9.17) is 27.9 Å². The minimum Gasteiger partial charge on any atom is -0.489 e. The van der Waals surface area contributed by atoms with Gasteiger partial charge in [-0.2, -0.15) is 0 Å². The molecule has 0 bridgehead atoms. The molecular formula is C18H21Cl2NO. The fourth-order valence-electron chi connectivity index (χ4n) is 1.98. The number of halogens is 2. The molecule has 118 valence electrons. The zero-order chi connectivity index (χ0) is 15.9. The standard InChI is InChI=1S/C18H21Cl2NO/c1-3-13(2)21-11-14-5-4-6-17(9-14)22-12-15-7-8-16(19)10-18(15)20/h4-10,13,21H,3,11-12H2,1-2H3. The van der Waals surface area contributed by atoms with Gasteiger partial charge in [0.15, 0.2) is 0 Å². The van der Waals surface area contributed by atoms with Crippen LogP contribution in [0, 0.1) is 0 Å². The third kappa shape index (κ3) is 5.20. The van der Waals surface area contributed by atoms with Crippen LogP contribution < -0.4 is 10.1 Å². The highest BCUT2D eigenvalue weighted by atomic mass is 35.5. The average molecular weight is 338 g/mol. The van der Waals surface area contributed by atoms with Gasteiger partial charge >= 0.3 is 0 Å². The molecule has 22 heavy (non-hydrogen) atoms. The Kier molecular flexibility index (Phi) is 6.56. The van der Waals surface area contributed by atoms with E-state index in [-0.39, 0.29) is 0 Å². The van der Waals surface area contributed by atoms with Crippen molar-refractivity contribution in [2.75, 3.05) is 0 Å². The molecule has 0 radical (unpaired) electrons. The molecule has 0 aliphatic rings. The number of hydrogen-bond acceptors (Lipinski definition) is 2. The van der Waals surface area contributed by atoms with Crippen LogP contribution in [0.4, 0.5) is 0 Å². The van der Waals surface area contributed by atoms with Crippen LogP contribution in [-0.2, 0) is 13.2 Å². The third-order valence-electron chi connectivity index (χ3n) is 3.57. The van der Waals surface area contributed by atoms with E-state index >= 15 is 0 Å². The van der Waals surface area contributed by atoms with Crippen LogP contribution in [0.2, 0.25) is 10.0 Å². The molecule has 0 saturated carbocycles. The van der Waals surface area contributed by atoms with Crippen molar-refractivity contribution < 1.29 is 4.74 Å². The van der Waals surface area contributed by atoms with Gasteiger partial charge in [-0.25, -0.2) is 0 Å². The van der Waals surface area contributed by atoms with E-state index in [1.54, 1.807) is 6.07 Å². The van der Waals surface area contributed by atoms with Gasteiger partial charge in [0.2, 0.25) is 0 Å². The van der Waals surface area contributed by atoms with Gasteiger partial charge in [0.1, 0.15) is 12.4 Å². The quantitative estimate of drug-likeness (QED) is 0.724. The molecular weight excluding hydrogens is 317 g/mol. The lowest BCUT2D eigenvalue weighted by atomic mass is 10.2. The molecule has 1 unspecified atom stereocenters. The van der Waals surface area contributed by atoms with E-state index in [2.05, 4.69) is 31.3 Å². The van der Waals surface area contributed by atoms with Gasteiger partial charge in [-0.15, -0.1) is 0 Å². The Morgan fingerprint density at radius 3 is 2.68 bits per heavy atom. The van der Waals surface area contributed by atoms with E-state index < -0.39 is 0 Å². The highest BCUT2D eigenvalue weighted by Gasteiger charge is 2.04. The van der Waals surface area contributed by atoms with Crippen molar-refractivity contribution in [1.29, 1.82) is 0 Å². The summed E-state index contributed by atoms with van der Waals surface area (Å²) in [6.07, 6.45) is 1.12. The third-order valence-corrected chi connectivity index (χ3v) is 4.16. The van der Waals surface area contributed by atoms with Crippen molar-refractivity contribution in [3.8, 4) is 5.75 Å². The predicted molar refractivity (Wildman–Crippen MR) is 93.8 cm³/mol. The second-order valence-electron chi connectivity index (χ2n) is 5.36. The van der Waals surface area contributed by atoms with Gasteiger partial charge in [0, 0.05) is 28.2 Å². The summed E-state index contributed by atoms with van der Waals surface area (Å²) < 4.78 is 5.83. The Bertz CT molecular complexity index is 616. The molecule has 2 nitrogen and oxygen atoms in total. The maximum atomic E-state index is 6.15. The Morgan fingerprint density at radius 2 is 1.95 bits per heavy atom. The first-order valence-corrected chi connectivity index (χ1v) is 8.23. The summed E-state index contributed by atoms with van der Waals surface area (Å²) >= 11 is 12.0. The zero-order valence-electron chi connectivity index (χ0n) is 12.9. The molecule has 4 heteroatoms. The largest absolute Gasteiger partial charge is 0.489 e. The van der Waals surface area contributed by atoms with Gasteiger partial charge in [-0.1, -0.05) is 48.3 Å². The molecule has 0 spiro atoms. The summed E-state index contributed by atoms with van der Waals surface area (Å²) in [5.74, 6) is 0.842. The normalized spacial score (nSPS) is 12.2. The first-order valence-electron chi connectivity index (χ1n) is 7.47. The molecule has 0 aromatic heterocycles. The minimum absolute atomic E-state index is 0.429. The van der Waals surface area contributed by atoms with Gasteiger partial charge in [-0.3, -0.25) is 0 Å². The zero-order valence-corrected chi connectivity index (χ0v) is 14.4. The summed E-state index contributed by atoms with van der Waals surface area (Å²) in [6.45, 7) is 5.63. The van der Waals surface area contributed by atoms with Crippen LogP contribution in [0.25, 0.3) is 0 Å². The van der Waals surface area contributed by atoms with Gasteiger partial charge in [0.25, 0.3) is 0 Å². The molecule has 1 N–H and O–H groups in total. The molecule has 0 amide bonds. The van der Waals surface area contributed by atoms with Crippen molar-refractivity contribution in [3.05, 3.63) is 63.6 Å². The van der Waals surface area contributed by atoms with Crippen molar-refractivity contribution in [2.45, 2.75) is 39.5 Å². The molecule has 0 heterocycles. The number of ether oxygens (including phenoxy) is 1. The molecule has 0 saturated heterocycles. The van der Waals surface area contributed by atoms with Crippen molar-refractivity contribution >= 4 is 23.2 Å². The lowest BCUT2D eigenvalue weighted by molar-refractivity contribution is 0.306. The fraction of sp³-hybridized carbons (Fsp3) is 0.333. The topological polar surface area (TPSA) is 21.3 Å². The van der Waals surface area contributed by atoms with Crippen LogP contribution in [-0.4, -0.2) is 6.04 Å². The lowest BCUT2D eigenvalue weighted by Gasteiger charge is -2.13. The van der Waals surface area contributed by atoms with Crippen molar-refractivity contribution in [1.82, 2.24) is 5.32 Å². The number of hydrogen-bond donors (Lipinski definition) is 1. The molecule has 2 rings (SSSR count). The summed E-state index contributed by atoms with van der Waals surface area (Å²) in [4.78, 5) is 0. The van der Waals surface area contributed by atoms with E-state index in [1.807, 2.05) is 24.3 Å². The SMILES string of the molecule is CCC(C)NCc1cccc(OCc2ccc(Cl)cc2Cl)c1. The highest BCUT2D eigenvalue weighted by molar-refractivity contribution is 6.35. The first-order chi connectivity index (χ1) is 10.6. The molecule has 2 aromatic carbocycles. The summed E-state index contributed by atoms with van der Waals surface area (Å²) in [5, 5.41) is 4.73. The van der Waals surface area contributed by atoms with Gasteiger partial charge in [-0.05, 0) is 43.2 Å². The molecule has 1 atom stereocenters. The van der Waals surface area contributed by atoms with E-state index in [0.717, 1.165) is 24.3 Å². The van der Waals surface area contributed by atoms with E-state index in [0.29, 0.717) is 22.7 Å². The van der Waals surface area contributed by atoms with E-state index in [1.165, 1.54) is 5.56 Å². The summed E-state index contributed by atoms with van der Waals surface area (Å²) in [5.41, 5.74) is 2.13. The monoisotopic (exact) mass is 337 g/mol. The number of rotatable bonds is 7. The van der Waals surface area contributed by atoms with Gasteiger partial charge in [0.05, 0.1) is 0 Å². The summed E-state index contributed by atoms with van der Waals surface area (Å²) in [7, 11) is 0. The maximum Gasteiger partial charge on any atom is 0.120 e. The molecule has 2 aromatic rings. The van der Waals surface area contributed by atoms with Gasteiger partial charge < -0.3 is 10.1 Å². The number of nitrogens with one attached hydrogen (secondary N) is 1. The van der Waals surface area contributed by atoms with Crippen LogP contribution in [0.15, 0.2) is 42.5 Å². The van der Waals surface area contributed by atoms with Crippen molar-refractivity contribution in [2.24, 2.45) is 0 Å². The van der Waals surface area contributed by atoms with Crippen LogP contribution in [0.3, 0.4) is 0 Å². The Morgan fingerprint density at radius 1 is 1.14 bits per heavy atom. The smallest absolute Gasteiger partial charge is 0.120 e.